The smallest absolute Gasteiger partial charge is 0.152 e. The van der Waals surface area contributed by atoms with Crippen molar-refractivity contribution >= 4 is 50.0 Å². The Morgan fingerprint density at radius 3 is 2.68 bits per heavy atom. The SMILES string of the molecule is CSN1Cc2nc3c(N)nc4ccccc4c3n2CC(OS(C)(C)C(C)C)C1. The summed E-state index contributed by atoms with van der Waals surface area (Å²) in [5.41, 5.74) is 9.07. The Hall–Kier alpha value is -1.48. The Morgan fingerprint density at radius 1 is 1.21 bits per heavy atom. The molecule has 0 fully saturated rings. The van der Waals surface area contributed by atoms with Gasteiger partial charge in [-0.05, 0) is 24.8 Å². The molecule has 28 heavy (non-hydrogen) atoms. The molecule has 3 heterocycles. The van der Waals surface area contributed by atoms with E-state index in [1.165, 1.54) is 0 Å². The zero-order chi connectivity index (χ0) is 20.1. The Bertz CT molecular complexity index is 1020. The minimum Gasteiger partial charge on any atom is -0.382 e. The molecule has 0 spiro atoms. The van der Waals surface area contributed by atoms with Crippen molar-refractivity contribution in [3.8, 4) is 0 Å². The average Bonchev–Trinajstić information content (AvgIpc) is 2.90. The Morgan fingerprint density at radius 2 is 1.96 bits per heavy atom. The van der Waals surface area contributed by atoms with Crippen molar-refractivity contribution in [2.45, 2.75) is 38.3 Å². The quantitative estimate of drug-likeness (QED) is 0.644. The summed E-state index contributed by atoms with van der Waals surface area (Å²) in [5.74, 6) is 1.52. The number of fused-ring (bicyclic) bond motifs is 5. The molecule has 2 N–H and O–H groups in total. The number of hydrogen-bond acceptors (Lipinski definition) is 6. The summed E-state index contributed by atoms with van der Waals surface area (Å²) in [6.07, 6.45) is 6.74. The highest BCUT2D eigenvalue weighted by Crippen LogP contribution is 2.48. The van der Waals surface area contributed by atoms with Crippen molar-refractivity contribution in [2.75, 3.05) is 31.0 Å². The van der Waals surface area contributed by atoms with Crippen LogP contribution in [-0.2, 0) is 17.3 Å². The normalized spacial score (nSPS) is 19.3. The van der Waals surface area contributed by atoms with Gasteiger partial charge < -0.3 is 14.5 Å². The minimum absolute atomic E-state index is 0.103. The van der Waals surface area contributed by atoms with Gasteiger partial charge in [0.1, 0.15) is 17.4 Å². The fourth-order valence-electron chi connectivity index (χ4n) is 3.59. The van der Waals surface area contributed by atoms with Crippen molar-refractivity contribution < 1.29 is 4.18 Å². The lowest BCUT2D eigenvalue weighted by Crippen LogP contribution is -2.31. The standard InChI is InChI=1S/C20H29N5OS2/c1-13(2)28(4,5)26-14-10-24(27-3)12-17-23-18-19(25(17)11-14)15-8-6-7-9-16(15)22-20(18)21/h6-9,13-14H,10-12H2,1-5H3,(H2,21,22). The molecule has 0 aliphatic carbocycles. The molecular weight excluding hydrogens is 390 g/mol. The third kappa shape index (κ3) is 3.47. The van der Waals surface area contributed by atoms with Crippen molar-refractivity contribution in [2.24, 2.45) is 0 Å². The Balaban J connectivity index is 1.86. The second-order valence-electron chi connectivity index (χ2n) is 7.93. The van der Waals surface area contributed by atoms with Gasteiger partial charge in [0, 0.05) is 17.2 Å². The van der Waals surface area contributed by atoms with Crippen LogP contribution in [0.25, 0.3) is 21.9 Å². The summed E-state index contributed by atoms with van der Waals surface area (Å²) >= 11 is 1.74. The number of nitrogen functional groups attached to an aromatic ring is 1. The highest BCUT2D eigenvalue weighted by atomic mass is 32.3. The lowest BCUT2D eigenvalue weighted by molar-refractivity contribution is 0.187. The maximum absolute atomic E-state index is 6.70. The lowest BCUT2D eigenvalue weighted by atomic mass is 10.2. The number of hydrogen-bond donors (Lipinski definition) is 1. The van der Waals surface area contributed by atoms with Crippen LogP contribution in [0, 0.1) is 0 Å². The second kappa shape index (κ2) is 7.40. The molecule has 1 aliphatic heterocycles. The largest absolute Gasteiger partial charge is 0.382 e. The van der Waals surface area contributed by atoms with E-state index in [1.54, 1.807) is 11.9 Å². The van der Waals surface area contributed by atoms with Crippen molar-refractivity contribution in [3.63, 3.8) is 0 Å². The first-order chi connectivity index (χ1) is 13.3. The number of para-hydroxylation sites is 1. The van der Waals surface area contributed by atoms with E-state index in [0.717, 1.165) is 47.4 Å². The number of rotatable bonds is 4. The van der Waals surface area contributed by atoms with Gasteiger partial charge in [0.05, 0.1) is 24.1 Å². The summed E-state index contributed by atoms with van der Waals surface area (Å²) < 4.78 is 11.3. The van der Waals surface area contributed by atoms with E-state index in [9.17, 15) is 0 Å². The first-order valence-electron chi connectivity index (χ1n) is 9.53. The number of nitrogens with two attached hydrogens (primary N) is 1. The molecular formula is C20H29N5OS2. The number of nitrogens with zero attached hydrogens (tertiary/aromatic N) is 4. The van der Waals surface area contributed by atoms with E-state index in [2.05, 4.69) is 52.5 Å². The van der Waals surface area contributed by atoms with Crippen LogP contribution < -0.4 is 5.73 Å². The first-order valence-corrected chi connectivity index (χ1v) is 13.1. The molecule has 0 radical (unpaired) electrons. The van der Waals surface area contributed by atoms with E-state index in [1.807, 2.05) is 18.2 Å². The molecule has 2 aromatic heterocycles. The number of anilines is 1. The summed E-state index contributed by atoms with van der Waals surface area (Å²) in [4.78, 5) is 9.47. The van der Waals surface area contributed by atoms with E-state index < -0.39 is 10.3 Å². The maximum atomic E-state index is 6.70. The third-order valence-electron chi connectivity index (χ3n) is 5.58. The summed E-state index contributed by atoms with van der Waals surface area (Å²) in [6, 6.07) is 8.16. The molecule has 6 nitrogen and oxygen atoms in total. The van der Waals surface area contributed by atoms with Crippen LogP contribution in [0.1, 0.15) is 19.7 Å². The van der Waals surface area contributed by atoms with Crippen LogP contribution in [0.5, 0.6) is 0 Å². The third-order valence-corrected chi connectivity index (χ3v) is 9.41. The van der Waals surface area contributed by atoms with Crippen molar-refractivity contribution in [1.82, 2.24) is 18.8 Å². The number of imidazole rings is 1. The molecule has 0 bridgehead atoms. The zero-order valence-electron chi connectivity index (χ0n) is 17.2. The molecule has 0 saturated heterocycles. The molecule has 3 aromatic rings. The van der Waals surface area contributed by atoms with E-state index >= 15 is 0 Å². The molecule has 0 amide bonds. The number of benzene rings is 1. The van der Waals surface area contributed by atoms with Gasteiger partial charge in [0.25, 0.3) is 0 Å². The van der Waals surface area contributed by atoms with Gasteiger partial charge in [-0.1, -0.05) is 44.0 Å². The van der Waals surface area contributed by atoms with Crippen LogP contribution in [-0.4, -0.2) is 55.5 Å². The lowest BCUT2D eigenvalue weighted by Gasteiger charge is -2.39. The summed E-state index contributed by atoms with van der Waals surface area (Å²) in [5, 5.41) is 1.61. The van der Waals surface area contributed by atoms with Crippen molar-refractivity contribution in [3.05, 3.63) is 30.1 Å². The zero-order valence-corrected chi connectivity index (χ0v) is 18.8. The van der Waals surface area contributed by atoms with Crippen LogP contribution >= 0.6 is 22.3 Å². The second-order valence-corrected chi connectivity index (χ2v) is 12.6. The Kier molecular flexibility index (Phi) is 5.24. The van der Waals surface area contributed by atoms with Crippen LogP contribution in [0.15, 0.2) is 24.3 Å². The number of aromatic nitrogens is 3. The monoisotopic (exact) mass is 419 g/mol. The molecule has 4 rings (SSSR count). The van der Waals surface area contributed by atoms with Gasteiger partial charge in [0.2, 0.25) is 0 Å². The highest BCUT2D eigenvalue weighted by molar-refractivity contribution is 8.29. The fraction of sp³-hybridized carbons (Fsp3) is 0.500. The predicted octanol–water partition coefficient (Wildman–Crippen LogP) is 4.03. The molecule has 0 saturated carbocycles. The first kappa shape index (κ1) is 19.8. The number of pyridine rings is 1. The van der Waals surface area contributed by atoms with E-state index in [-0.39, 0.29) is 6.10 Å². The topological polar surface area (TPSA) is 69.2 Å². The highest BCUT2D eigenvalue weighted by Gasteiger charge is 2.30. The van der Waals surface area contributed by atoms with Gasteiger partial charge in [-0.15, -0.1) is 10.3 Å². The Labute approximate surface area is 172 Å². The predicted molar refractivity (Wildman–Crippen MR) is 123 cm³/mol. The van der Waals surface area contributed by atoms with Crippen molar-refractivity contribution in [1.29, 1.82) is 0 Å². The van der Waals surface area contributed by atoms with Gasteiger partial charge in [-0.3, -0.25) is 0 Å². The molecule has 152 valence electrons. The van der Waals surface area contributed by atoms with Gasteiger partial charge in [-0.2, -0.15) is 0 Å². The maximum Gasteiger partial charge on any atom is 0.152 e. The van der Waals surface area contributed by atoms with E-state index in [4.69, 9.17) is 14.9 Å². The fourth-order valence-corrected chi connectivity index (χ4v) is 5.20. The molecule has 1 atom stereocenters. The molecule has 8 heteroatoms. The minimum atomic E-state index is -1.14. The van der Waals surface area contributed by atoms with Gasteiger partial charge in [0.15, 0.2) is 5.82 Å². The molecule has 1 aromatic carbocycles. The van der Waals surface area contributed by atoms with Gasteiger partial charge in [-0.25, -0.2) is 14.3 Å². The van der Waals surface area contributed by atoms with Crippen LogP contribution in [0.3, 0.4) is 0 Å². The summed E-state index contributed by atoms with van der Waals surface area (Å²) in [7, 11) is -1.14. The van der Waals surface area contributed by atoms with Crippen LogP contribution in [0.2, 0.25) is 0 Å². The molecule has 1 unspecified atom stereocenters. The summed E-state index contributed by atoms with van der Waals surface area (Å²) in [6.45, 7) is 6.92. The molecule has 1 aliphatic rings. The van der Waals surface area contributed by atoms with E-state index in [0.29, 0.717) is 11.1 Å². The average molecular weight is 420 g/mol. The van der Waals surface area contributed by atoms with Gasteiger partial charge >= 0.3 is 0 Å². The van der Waals surface area contributed by atoms with Crippen LogP contribution in [0.4, 0.5) is 5.82 Å².